The van der Waals surface area contributed by atoms with Crippen LogP contribution in [0, 0.1) is 5.92 Å². The lowest BCUT2D eigenvalue weighted by Crippen LogP contribution is -2.41. The number of carbonyl (C=O) groups is 1. The quantitative estimate of drug-likeness (QED) is 0.303. The van der Waals surface area contributed by atoms with E-state index in [0.717, 1.165) is 25.9 Å². The van der Waals surface area contributed by atoms with Crippen molar-refractivity contribution in [3.8, 4) is 0 Å². The Morgan fingerprint density at radius 1 is 1.15 bits per heavy atom. The highest BCUT2D eigenvalue weighted by Gasteiger charge is 2.08. The van der Waals surface area contributed by atoms with Gasteiger partial charge in [-0.25, -0.2) is 4.99 Å². The van der Waals surface area contributed by atoms with Gasteiger partial charge in [0.2, 0.25) is 5.91 Å². The zero-order valence-corrected chi connectivity index (χ0v) is 20.1. The van der Waals surface area contributed by atoms with Gasteiger partial charge < -0.3 is 15.5 Å². The number of amides is 1. The molecule has 2 aromatic rings. The number of likely N-dealkylation sites (N-methyl/N-ethyl adjacent to an activating group) is 1. The molecule has 0 aliphatic heterocycles. The van der Waals surface area contributed by atoms with Crippen molar-refractivity contribution in [1.29, 1.82) is 0 Å². The summed E-state index contributed by atoms with van der Waals surface area (Å²) >= 11 is 3.55. The zero-order valence-electron chi connectivity index (χ0n) is 16.1. The molecule has 2 aromatic heterocycles. The third-order valence-corrected chi connectivity index (χ3v) is 5.70. The van der Waals surface area contributed by atoms with E-state index in [9.17, 15) is 4.79 Å². The summed E-state index contributed by atoms with van der Waals surface area (Å²) in [4.78, 5) is 20.6. The van der Waals surface area contributed by atoms with Gasteiger partial charge in [0.05, 0.1) is 0 Å². The number of rotatable bonds is 9. The zero-order chi connectivity index (χ0) is 18.8. The molecule has 0 spiro atoms. The Labute approximate surface area is 187 Å². The average molecular weight is 521 g/mol. The van der Waals surface area contributed by atoms with Crippen LogP contribution in [0.15, 0.2) is 40.0 Å². The number of halogens is 1. The Morgan fingerprint density at radius 3 is 2.41 bits per heavy atom. The first kappa shape index (κ1) is 23.9. The fourth-order valence-electron chi connectivity index (χ4n) is 2.34. The van der Waals surface area contributed by atoms with Gasteiger partial charge >= 0.3 is 0 Å². The second-order valence-corrected chi connectivity index (χ2v) is 8.54. The number of nitrogens with zero attached hydrogens (tertiary/aromatic N) is 2. The standard InChI is InChI=1S/C19H28N4OS2.HI/c1-15(12-17-7-5-11-26-17)13-21-19(22-14-18(24)23(2)3)20-9-8-16-6-4-10-25-16;/h4-7,10-11,15H,8-9,12-14H2,1-3H3,(H2,20,21,22);1H. The van der Waals surface area contributed by atoms with Crippen molar-refractivity contribution in [2.45, 2.75) is 19.8 Å². The molecule has 0 saturated carbocycles. The predicted octanol–water partition coefficient (Wildman–Crippen LogP) is 3.47. The number of hydrogen-bond acceptors (Lipinski definition) is 4. The molecule has 0 aliphatic rings. The van der Waals surface area contributed by atoms with Gasteiger partial charge in [-0.15, -0.1) is 46.7 Å². The van der Waals surface area contributed by atoms with Gasteiger partial charge in [0, 0.05) is 36.9 Å². The smallest absolute Gasteiger partial charge is 0.243 e. The lowest BCUT2D eigenvalue weighted by Gasteiger charge is -2.16. The number of hydrogen-bond donors (Lipinski definition) is 2. The van der Waals surface area contributed by atoms with Crippen molar-refractivity contribution in [3.05, 3.63) is 44.8 Å². The maximum atomic E-state index is 11.8. The van der Waals surface area contributed by atoms with Crippen LogP contribution in [-0.2, 0) is 17.6 Å². The van der Waals surface area contributed by atoms with Crippen LogP contribution >= 0.6 is 46.7 Å². The summed E-state index contributed by atoms with van der Waals surface area (Å²) in [5.74, 6) is 1.19. The molecular formula is C19H29IN4OS2. The average Bonchev–Trinajstić information content (AvgIpc) is 3.30. The van der Waals surface area contributed by atoms with Gasteiger partial charge in [0.1, 0.15) is 6.54 Å². The molecule has 2 rings (SSSR count). The number of thiophene rings is 2. The minimum absolute atomic E-state index is 0. The molecule has 0 radical (unpaired) electrons. The summed E-state index contributed by atoms with van der Waals surface area (Å²) in [7, 11) is 3.50. The predicted molar refractivity (Wildman–Crippen MR) is 128 cm³/mol. The molecule has 8 heteroatoms. The fourth-order valence-corrected chi connectivity index (χ4v) is 3.92. The molecular weight excluding hydrogens is 491 g/mol. The van der Waals surface area contributed by atoms with Gasteiger partial charge in [0.25, 0.3) is 0 Å². The number of guanidine groups is 1. The third-order valence-electron chi connectivity index (χ3n) is 3.86. The summed E-state index contributed by atoms with van der Waals surface area (Å²) in [6, 6.07) is 8.46. The molecule has 5 nitrogen and oxygen atoms in total. The van der Waals surface area contributed by atoms with E-state index in [0.29, 0.717) is 11.9 Å². The summed E-state index contributed by atoms with van der Waals surface area (Å²) in [5.41, 5.74) is 0. The van der Waals surface area contributed by atoms with Crippen LogP contribution in [0.1, 0.15) is 16.7 Å². The van der Waals surface area contributed by atoms with Crippen molar-refractivity contribution in [3.63, 3.8) is 0 Å². The maximum Gasteiger partial charge on any atom is 0.243 e. The van der Waals surface area contributed by atoms with Crippen LogP contribution in [0.5, 0.6) is 0 Å². The summed E-state index contributed by atoms with van der Waals surface area (Å²) in [6.45, 7) is 3.99. The Bertz CT molecular complexity index is 672. The van der Waals surface area contributed by atoms with E-state index in [-0.39, 0.29) is 36.4 Å². The molecule has 1 atom stereocenters. The largest absolute Gasteiger partial charge is 0.356 e. The van der Waals surface area contributed by atoms with Crippen LogP contribution in [0.2, 0.25) is 0 Å². The Balaban J connectivity index is 0.00000364. The first-order valence-corrected chi connectivity index (χ1v) is 10.6. The molecule has 2 heterocycles. The second kappa shape index (κ2) is 13.1. The molecule has 0 saturated heterocycles. The Morgan fingerprint density at radius 2 is 1.81 bits per heavy atom. The molecule has 0 bridgehead atoms. The van der Waals surface area contributed by atoms with E-state index in [4.69, 9.17) is 0 Å². The third kappa shape index (κ3) is 9.57. The van der Waals surface area contributed by atoms with Gasteiger partial charge in [0.15, 0.2) is 5.96 Å². The summed E-state index contributed by atoms with van der Waals surface area (Å²) < 4.78 is 0. The topological polar surface area (TPSA) is 56.7 Å². The van der Waals surface area contributed by atoms with Crippen molar-refractivity contribution >= 4 is 58.5 Å². The first-order valence-electron chi connectivity index (χ1n) is 8.81. The van der Waals surface area contributed by atoms with Crippen LogP contribution in [-0.4, -0.2) is 50.5 Å². The van der Waals surface area contributed by atoms with Crippen molar-refractivity contribution < 1.29 is 4.79 Å². The van der Waals surface area contributed by atoms with Crippen molar-refractivity contribution in [1.82, 2.24) is 15.5 Å². The molecule has 0 fully saturated rings. The number of carbonyl (C=O) groups excluding carboxylic acids is 1. The van der Waals surface area contributed by atoms with E-state index in [1.807, 2.05) is 0 Å². The van der Waals surface area contributed by atoms with Crippen LogP contribution in [0.4, 0.5) is 0 Å². The SMILES string of the molecule is CC(CNC(=NCC(=O)N(C)C)NCCc1cccs1)Cc1cccs1.I. The van der Waals surface area contributed by atoms with Gasteiger partial charge in [-0.1, -0.05) is 19.1 Å². The van der Waals surface area contributed by atoms with E-state index < -0.39 is 0 Å². The minimum atomic E-state index is -0.00371. The van der Waals surface area contributed by atoms with Gasteiger partial charge in [-0.2, -0.15) is 0 Å². The summed E-state index contributed by atoms with van der Waals surface area (Å²) in [6.07, 6.45) is 1.99. The monoisotopic (exact) mass is 520 g/mol. The lowest BCUT2D eigenvalue weighted by molar-refractivity contribution is -0.127. The molecule has 2 N–H and O–H groups in total. The van der Waals surface area contributed by atoms with E-state index in [2.05, 4.69) is 57.6 Å². The molecule has 0 aliphatic carbocycles. The van der Waals surface area contributed by atoms with E-state index in [1.54, 1.807) is 41.7 Å². The molecule has 1 amide bonds. The fraction of sp³-hybridized carbons (Fsp3) is 0.474. The lowest BCUT2D eigenvalue weighted by atomic mass is 10.1. The highest BCUT2D eigenvalue weighted by molar-refractivity contribution is 14.0. The van der Waals surface area contributed by atoms with Crippen molar-refractivity contribution in [2.75, 3.05) is 33.7 Å². The molecule has 27 heavy (non-hydrogen) atoms. The Kier molecular flexibility index (Phi) is 11.6. The number of nitrogens with one attached hydrogen (secondary N) is 2. The van der Waals surface area contributed by atoms with Gasteiger partial charge in [-0.05, 0) is 41.7 Å². The summed E-state index contributed by atoms with van der Waals surface area (Å²) in [5, 5.41) is 10.9. The first-order chi connectivity index (χ1) is 12.5. The molecule has 1 unspecified atom stereocenters. The highest BCUT2D eigenvalue weighted by atomic mass is 127. The van der Waals surface area contributed by atoms with Crippen LogP contribution in [0.3, 0.4) is 0 Å². The normalized spacial score (nSPS) is 12.2. The van der Waals surface area contributed by atoms with Gasteiger partial charge in [-0.3, -0.25) is 4.79 Å². The van der Waals surface area contributed by atoms with E-state index >= 15 is 0 Å². The van der Waals surface area contributed by atoms with Crippen LogP contribution in [0.25, 0.3) is 0 Å². The van der Waals surface area contributed by atoms with Crippen LogP contribution < -0.4 is 10.6 Å². The Hall–Kier alpha value is -1.13. The van der Waals surface area contributed by atoms with Crippen molar-refractivity contribution in [2.24, 2.45) is 10.9 Å². The number of aliphatic imine (C=N–C) groups is 1. The minimum Gasteiger partial charge on any atom is -0.356 e. The maximum absolute atomic E-state index is 11.8. The highest BCUT2D eigenvalue weighted by Crippen LogP contribution is 2.13. The molecule has 150 valence electrons. The molecule has 0 aromatic carbocycles. The second-order valence-electron chi connectivity index (χ2n) is 6.48. The van der Waals surface area contributed by atoms with E-state index in [1.165, 1.54) is 9.75 Å².